The molecule has 0 heterocycles. The van der Waals surface area contributed by atoms with Crippen LogP contribution in [0.3, 0.4) is 0 Å². The van der Waals surface area contributed by atoms with E-state index in [9.17, 15) is 10.1 Å². The summed E-state index contributed by atoms with van der Waals surface area (Å²) in [5.74, 6) is -0.280. The second-order valence-corrected chi connectivity index (χ2v) is 3.89. The lowest BCUT2D eigenvalue weighted by atomic mass is 9.80. The van der Waals surface area contributed by atoms with Crippen molar-refractivity contribution >= 4 is 5.97 Å². The number of methoxy groups -OCH3 is 1. The van der Waals surface area contributed by atoms with Crippen LogP contribution in [0.15, 0.2) is 30.3 Å². The number of hydrogen-bond acceptors (Lipinski definition) is 3. The second-order valence-electron chi connectivity index (χ2n) is 3.89. The third-order valence-electron chi connectivity index (χ3n) is 2.71. The smallest absolute Gasteiger partial charge is 0.305 e. The van der Waals surface area contributed by atoms with Crippen LogP contribution in [0.1, 0.15) is 25.3 Å². The van der Waals surface area contributed by atoms with Crippen LogP contribution < -0.4 is 0 Å². The van der Waals surface area contributed by atoms with Gasteiger partial charge in [-0.15, -0.1) is 0 Å². The molecule has 0 aliphatic carbocycles. The maximum atomic E-state index is 11.1. The Morgan fingerprint density at radius 2 is 2.06 bits per heavy atom. The molecule has 1 aromatic carbocycles. The van der Waals surface area contributed by atoms with Gasteiger partial charge in [0, 0.05) is 6.42 Å². The maximum Gasteiger partial charge on any atom is 0.305 e. The summed E-state index contributed by atoms with van der Waals surface area (Å²) in [6.45, 7) is 1.84. The summed E-state index contributed by atoms with van der Waals surface area (Å²) in [7, 11) is 1.36. The van der Waals surface area contributed by atoms with Crippen molar-refractivity contribution in [1.82, 2.24) is 0 Å². The van der Waals surface area contributed by atoms with Crippen molar-refractivity contribution in [2.75, 3.05) is 7.11 Å². The quantitative estimate of drug-likeness (QED) is 0.728. The number of carbonyl (C=O) groups excluding carboxylic acids is 1. The Balaban J connectivity index is 2.80. The molecule has 0 saturated carbocycles. The minimum atomic E-state index is -0.630. The number of nitrogens with zero attached hydrogens (tertiary/aromatic N) is 1. The van der Waals surface area contributed by atoms with Gasteiger partial charge in [-0.05, 0) is 18.9 Å². The van der Waals surface area contributed by atoms with Gasteiger partial charge in [0.05, 0.1) is 18.6 Å². The summed E-state index contributed by atoms with van der Waals surface area (Å²) in [5, 5.41) is 9.22. The molecule has 1 aromatic rings. The van der Waals surface area contributed by atoms with Gasteiger partial charge in [0.1, 0.15) is 0 Å². The van der Waals surface area contributed by atoms with Gasteiger partial charge < -0.3 is 4.74 Å². The molecule has 0 N–H and O–H groups in total. The van der Waals surface area contributed by atoms with Crippen molar-refractivity contribution < 1.29 is 9.53 Å². The van der Waals surface area contributed by atoms with E-state index in [1.54, 1.807) is 0 Å². The van der Waals surface area contributed by atoms with Gasteiger partial charge in [0.25, 0.3) is 0 Å². The zero-order chi connectivity index (χ0) is 12.0. The molecular formula is C13H15NO2. The Bertz CT molecular complexity index is 394. The second kappa shape index (κ2) is 5.32. The predicted octanol–water partition coefficient (Wildman–Crippen LogP) is 2.42. The number of ether oxygens (including phenoxy) is 1. The summed E-state index contributed by atoms with van der Waals surface area (Å²) < 4.78 is 4.58. The van der Waals surface area contributed by atoms with Gasteiger partial charge in [-0.2, -0.15) is 5.26 Å². The van der Waals surface area contributed by atoms with Crippen molar-refractivity contribution in [2.24, 2.45) is 0 Å². The highest BCUT2D eigenvalue weighted by Crippen LogP contribution is 2.28. The highest BCUT2D eigenvalue weighted by atomic mass is 16.5. The molecule has 0 aromatic heterocycles. The largest absolute Gasteiger partial charge is 0.469 e. The molecule has 0 fully saturated rings. The minimum Gasteiger partial charge on any atom is -0.469 e. The molecule has 84 valence electrons. The summed E-state index contributed by atoms with van der Waals surface area (Å²) >= 11 is 0. The Morgan fingerprint density at radius 3 is 2.56 bits per heavy atom. The molecule has 0 saturated heterocycles. The molecular weight excluding hydrogens is 202 g/mol. The average molecular weight is 217 g/mol. The first kappa shape index (κ1) is 12.3. The summed E-state index contributed by atoms with van der Waals surface area (Å²) in [6.07, 6.45) is 0.732. The van der Waals surface area contributed by atoms with Crippen molar-refractivity contribution in [1.29, 1.82) is 5.26 Å². The predicted molar refractivity (Wildman–Crippen MR) is 60.7 cm³/mol. The van der Waals surface area contributed by atoms with Crippen LogP contribution in [-0.4, -0.2) is 13.1 Å². The molecule has 3 nitrogen and oxygen atoms in total. The van der Waals surface area contributed by atoms with Crippen molar-refractivity contribution in [3.63, 3.8) is 0 Å². The monoisotopic (exact) mass is 217 g/mol. The average Bonchev–Trinajstić information content (AvgIpc) is 2.36. The van der Waals surface area contributed by atoms with Gasteiger partial charge in [0.15, 0.2) is 0 Å². The Hall–Kier alpha value is -1.82. The molecule has 0 radical (unpaired) electrons. The molecule has 1 unspecified atom stereocenters. The van der Waals surface area contributed by atoms with Crippen LogP contribution in [0, 0.1) is 11.3 Å². The molecule has 3 heteroatoms. The van der Waals surface area contributed by atoms with E-state index in [-0.39, 0.29) is 12.4 Å². The maximum absolute atomic E-state index is 11.1. The molecule has 16 heavy (non-hydrogen) atoms. The highest BCUT2D eigenvalue weighted by molar-refractivity contribution is 5.69. The molecule has 1 rings (SSSR count). The molecule has 0 amide bonds. The first-order valence-corrected chi connectivity index (χ1v) is 5.16. The Labute approximate surface area is 95.7 Å². The Kier molecular flexibility index (Phi) is 4.07. The standard InChI is InChI=1S/C13H15NO2/c1-13(10-14,9-8-12(15)16-2)11-6-4-3-5-7-11/h3-7H,8-9H2,1-2H3. The van der Waals surface area contributed by atoms with Gasteiger partial charge in [-0.25, -0.2) is 0 Å². The zero-order valence-corrected chi connectivity index (χ0v) is 9.56. The first-order valence-electron chi connectivity index (χ1n) is 5.16. The van der Waals surface area contributed by atoms with E-state index in [0.717, 1.165) is 5.56 Å². The number of carbonyl (C=O) groups is 1. The van der Waals surface area contributed by atoms with Crippen LogP contribution in [0.2, 0.25) is 0 Å². The molecule has 0 bridgehead atoms. The lowest BCUT2D eigenvalue weighted by Gasteiger charge is -2.21. The highest BCUT2D eigenvalue weighted by Gasteiger charge is 2.27. The summed E-state index contributed by atoms with van der Waals surface area (Å²) in [4.78, 5) is 11.1. The molecule has 0 aliphatic rings. The summed E-state index contributed by atoms with van der Waals surface area (Å²) in [6, 6.07) is 11.8. The number of benzene rings is 1. The number of rotatable bonds is 4. The van der Waals surface area contributed by atoms with E-state index in [1.165, 1.54) is 7.11 Å². The summed E-state index contributed by atoms with van der Waals surface area (Å²) in [5.41, 5.74) is 0.302. The van der Waals surface area contributed by atoms with Gasteiger partial charge in [0.2, 0.25) is 0 Å². The lowest BCUT2D eigenvalue weighted by molar-refractivity contribution is -0.140. The fourth-order valence-corrected chi connectivity index (χ4v) is 1.52. The van der Waals surface area contributed by atoms with Crippen LogP contribution in [-0.2, 0) is 14.9 Å². The van der Waals surface area contributed by atoms with E-state index in [4.69, 9.17) is 0 Å². The zero-order valence-electron chi connectivity index (χ0n) is 9.56. The van der Waals surface area contributed by atoms with Gasteiger partial charge in [-0.3, -0.25) is 4.79 Å². The Morgan fingerprint density at radius 1 is 1.44 bits per heavy atom. The van der Waals surface area contributed by atoms with Gasteiger partial charge >= 0.3 is 5.97 Å². The number of esters is 1. The molecule has 1 atom stereocenters. The fourth-order valence-electron chi connectivity index (χ4n) is 1.52. The van der Waals surface area contributed by atoms with E-state index in [2.05, 4.69) is 10.8 Å². The van der Waals surface area contributed by atoms with Crippen LogP contribution >= 0.6 is 0 Å². The van der Waals surface area contributed by atoms with Crippen molar-refractivity contribution in [3.05, 3.63) is 35.9 Å². The normalized spacial score (nSPS) is 13.6. The van der Waals surface area contributed by atoms with E-state index in [1.807, 2.05) is 37.3 Å². The van der Waals surface area contributed by atoms with Crippen LogP contribution in [0.4, 0.5) is 0 Å². The number of hydrogen-bond donors (Lipinski definition) is 0. The third-order valence-corrected chi connectivity index (χ3v) is 2.71. The van der Waals surface area contributed by atoms with E-state index in [0.29, 0.717) is 6.42 Å². The molecule has 0 spiro atoms. The fraction of sp³-hybridized carbons (Fsp3) is 0.385. The van der Waals surface area contributed by atoms with E-state index < -0.39 is 5.41 Å². The minimum absolute atomic E-state index is 0.259. The molecule has 0 aliphatic heterocycles. The van der Waals surface area contributed by atoms with Crippen molar-refractivity contribution in [2.45, 2.75) is 25.2 Å². The van der Waals surface area contributed by atoms with Crippen LogP contribution in [0.5, 0.6) is 0 Å². The van der Waals surface area contributed by atoms with Crippen molar-refractivity contribution in [3.8, 4) is 6.07 Å². The first-order chi connectivity index (χ1) is 7.62. The topological polar surface area (TPSA) is 50.1 Å². The number of nitriles is 1. The lowest BCUT2D eigenvalue weighted by Crippen LogP contribution is -2.21. The SMILES string of the molecule is COC(=O)CCC(C)(C#N)c1ccccc1. The van der Waals surface area contributed by atoms with Crippen LogP contribution in [0.25, 0.3) is 0 Å². The van der Waals surface area contributed by atoms with E-state index >= 15 is 0 Å². The third kappa shape index (κ3) is 2.83. The van der Waals surface area contributed by atoms with Gasteiger partial charge in [-0.1, -0.05) is 30.3 Å².